The molecule has 0 aliphatic carbocycles. The summed E-state index contributed by atoms with van der Waals surface area (Å²) in [7, 11) is -2.65. The van der Waals surface area contributed by atoms with E-state index in [1.54, 1.807) is 35.2 Å². The molecular formula is C26H39N3O8S. The molecule has 0 saturated carbocycles. The zero-order chi connectivity index (χ0) is 28.1. The monoisotopic (exact) mass is 553 g/mol. The Bertz CT molecular complexity index is 1050. The Labute approximate surface area is 224 Å². The van der Waals surface area contributed by atoms with Crippen LogP contribution in [0.15, 0.2) is 30.3 Å². The lowest BCUT2D eigenvalue weighted by Crippen LogP contribution is -2.52. The molecule has 1 aromatic rings. The minimum absolute atomic E-state index is 0.0185. The third kappa shape index (κ3) is 11.8. The predicted octanol–water partition coefficient (Wildman–Crippen LogP) is 1.63. The number of carboxylic acids is 1. The number of nitrogens with zero attached hydrogens (tertiary/aromatic N) is 2. The normalized spacial score (nSPS) is 16.9. The van der Waals surface area contributed by atoms with Gasteiger partial charge in [0.1, 0.15) is 11.8 Å². The molecule has 3 N–H and O–H groups in total. The van der Waals surface area contributed by atoms with Crippen LogP contribution in [0.2, 0.25) is 0 Å². The molecule has 1 saturated heterocycles. The van der Waals surface area contributed by atoms with Crippen molar-refractivity contribution < 1.29 is 37.3 Å². The minimum atomic E-state index is -4.53. The number of ketones is 2. The van der Waals surface area contributed by atoms with Crippen molar-refractivity contribution in [3.63, 3.8) is 0 Å². The van der Waals surface area contributed by atoms with E-state index in [2.05, 4.69) is 5.32 Å². The molecule has 1 fully saturated rings. The Balaban J connectivity index is 1.87. The van der Waals surface area contributed by atoms with E-state index in [0.717, 1.165) is 19.4 Å². The summed E-state index contributed by atoms with van der Waals surface area (Å²) in [6, 6.07) is 6.66. The lowest BCUT2D eigenvalue weighted by Gasteiger charge is -2.25. The van der Waals surface area contributed by atoms with Crippen molar-refractivity contribution in [1.29, 1.82) is 0 Å². The number of carbonyl (C=O) groups is 4. The Morgan fingerprint density at radius 1 is 1.05 bits per heavy atom. The molecule has 2 atom stereocenters. The predicted molar refractivity (Wildman–Crippen MR) is 142 cm³/mol. The summed E-state index contributed by atoms with van der Waals surface area (Å²) in [5.74, 6) is -2.89. The number of hydrogen-bond donors (Lipinski definition) is 3. The number of benzene rings is 1. The second-order valence-corrected chi connectivity index (χ2v) is 11.3. The Morgan fingerprint density at radius 3 is 2.39 bits per heavy atom. The van der Waals surface area contributed by atoms with E-state index in [-0.39, 0.29) is 25.2 Å². The van der Waals surface area contributed by atoms with Crippen molar-refractivity contribution in [1.82, 2.24) is 15.1 Å². The number of carboxylic acid groups (broad SMARTS) is 1. The zero-order valence-corrected chi connectivity index (χ0v) is 22.7. The maximum absolute atomic E-state index is 13.0. The van der Waals surface area contributed by atoms with Gasteiger partial charge >= 0.3 is 5.97 Å². The Hall–Kier alpha value is -2.67. The van der Waals surface area contributed by atoms with E-state index in [1.807, 2.05) is 11.9 Å². The highest BCUT2D eigenvalue weighted by atomic mass is 32.2. The van der Waals surface area contributed by atoms with Gasteiger partial charge in [0.25, 0.3) is 10.1 Å². The summed E-state index contributed by atoms with van der Waals surface area (Å²) in [5, 5.41) is 11.2. The summed E-state index contributed by atoms with van der Waals surface area (Å²) in [5.41, 5.74) is 0.531. The molecule has 0 aromatic heterocycles. The summed E-state index contributed by atoms with van der Waals surface area (Å²) < 4.78 is 32.5. The average molecular weight is 554 g/mol. The van der Waals surface area contributed by atoms with Crippen molar-refractivity contribution in [2.24, 2.45) is 0 Å². The average Bonchev–Trinajstić information content (AvgIpc) is 3.31. The number of rotatable bonds is 18. The molecule has 1 amide bonds. The molecule has 12 heteroatoms. The second kappa shape index (κ2) is 15.7. The molecule has 1 aliphatic rings. The van der Waals surface area contributed by atoms with Crippen LogP contribution in [0.4, 0.5) is 0 Å². The number of hydrogen-bond acceptors (Lipinski definition) is 8. The van der Waals surface area contributed by atoms with Crippen LogP contribution in [0.1, 0.15) is 61.7 Å². The summed E-state index contributed by atoms with van der Waals surface area (Å²) >= 11 is 0. The topological polar surface area (TPSA) is 161 Å². The van der Waals surface area contributed by atoms with Crippen molar-refractivity contribution in [3.05, 3.63) is 35.9 Å². The number of unbranched alkanes of at least 4 members (excludes halogenated alkanes) is 2. The molecule has 11 nitrogen and oxygen atoms in total. The van der Waals surface area contributed by atoms with Gasteiger partial charge in [-0.25, -0.2) is 0 Å². The fourth-order valence-electron chi connectivity index (χ4n) is 4.55. The van der Waals surface area contributed by atoms with E-state index in [0.29, 0.717) is 44.3 Å². The number of likely N-dealkylation sites (tertiary alicyclic amines) is 1. The molecular weight excluding hydrogens is 514 g/mol. The van der Waals surface area contributed by atoms with E-state index in [4.69, 9.17) is 5.11 Å². The first-order valence-corrected chi connectivity index (χ1v) is 14.6. The first-order chi connectivity index (χ1) is 18.0. The second-order valence-electron chi connectivity index (χ2n) is 9.80. The zero-order valence-electron chi connectivity index (χ0n) is 21.9. The van der Waals surface area contributed by atoms with Gasteiger partial charge in [0.05, 0.1) is 12.6 Å². The van der Waals surface area contributed by atoms with Crippen LogP contribution in [-0.4, -0.2) is 102 Å². The van der Waals surface area contributed by atoms with Crippen LogP contribution in [-0.2, 0) is 24.5 Å². The molecule has 2 unspecified atom stereocenters. The third-order valence-electron chi connectivity index (χ3n) is 6.58. The SMILES string of the molecule is CN(CCCCCC(=O)O)CCCC(=O)C(CS(=O)(=O)O)NC(=O)C1CCCN1CC(=O)c1ccccc1. The molecule has 1 aliphatic heterocycles. The fraction of sp³-hybridized carbons (Fsp3) is 0.615. The molecule has 0 spiro atoms. The summed E-state index contributed by atoms with van der Waals surface area (Å²) in [6.45, 7) is 1.85. The van der Waals surface area contributed by atoms with Crippen LogP contribution in [0.25, 0.3) is 0 Å². The smallest absolute Gasteiger partial charge is 0.303 e. The lowest BCUT2D eigenvalue weighted by atomic mass is 10.1. The van der Waals surface area contributed by atoms with Gasteiger partial charge in [-0.15, -0.1) is 0 Å². The number of aliphatic carboxylic acids is 1. The van der Waals surface area contributed by atoms with Crippen molar-refractivity contribution in [2.45, 2.75) is 63.5 Å². The molecule has 1 aromatic carbocycles. The maximum Gasteiger partial charge on any atom is 0.303 e. The molecule has 212 valence electrons. The highest BCUT2D eigenvalue weighted by Gasteiger charge is 2.35. The standard InChI is InChI=1S/C26H39N3O8S/c1-28(15-7-3-6-14-25(32)33)16-9-13-23(30)21(19-38(35,36)37)27-26(34)22-12-8-17-29(22)18-24(31)20-10-4-2-5-11-20/h2,4-5,10-11,21-22H,3,6-9,12-19H2,1H3,(H,27,34)(H,32,33)(H,35,36,37). The van der Waals surface area contributed by atoms with Gasteiger partial charge in [0, 0.05) is 18.4 Å². The van der Waals surface area contributed by atoms with E-state index in [1.165, 1.54) is 0 Å². The van der Waals surface area contributed by atoms with Gasteiger partial charge in [-0.2, -0.15) is 8.42 Å². The quantitative estimate of drug-likeness (QED) is 0.138. The number of Topliss-reactive ketones (excluding diaryl/α,β-unsaturated/α-hetero) is 2. The van der Waals surface area contributed by atoms with Gasteiger partial charge < -0.3 is 15.3 Å². The Morgan fingerprint density at radius 2 is 1.74 bits per heavy atom. The van der Waals surface area contributed by atoms with Crippen LogP contribution in [0.3, 0.4) is 0 Å². The fourth-order valence-corrected chi connectivity index (χ4v) is 5.24. The molecule has 38 heavy (non-hydrogen) atoms. The Kier molecular flexibility index (Phi) is 13.0. The summed E-state index contributed by atoms with van der Waals surface area (Å²) in [6.07, 6.45) is 3.96. The number of carbonyl (C=O) groups excluding carboxylic acids is 3. The van der Waals surface area contributed by atoms with Crippen LogP contribution in [0.5, 0.6) is 0 Å². The first kappa shape index (κ1) is 31.5. The molecule has 1 heterocycles. The van der Waals surface area contributed by atoms with E-state index >= 15 is 0 Å². The van der Waals surface area contributed by atoms with E-state index < -0.39 is 45.6 Å². The van der Waals surface area contributed by atoms with Gasteiger partial charge in [-0.05, 0) is 58.8 Å². The van der Waals surface area contributed by atoms with Gasteiger partial charge in [-0.3, -0.25) is 28.6 Å². The lowest BCUT2D eigenvalue weighted by molar-refractivity contribution is -0.137. The van der Waals surface area contributed by atoms with Crippen LogP contribution >= 0.6 is 0 Å². The first-order valence-electron chi connectivity index (χ1n) is 13.0. The minimum Gasteiger partial charge on any atom is -0.481 e. The molecule has 2 rings (SSSR count). The maximum atomic E-state index is 13.0. The van der Waals surface area contributed by atoms with Crippen molar-refractivity contribution in [3.8, 4) is 0 Å². The highest BCUT2D eigenvalue weighted by molar-refractivity contribution is 7.85. The van der Waals surface area contributed by atoms with Gasteiger partial charge in [0.2, 0.25) is 5.91 Å². The van der Waals surface area contributed by atoms with Crippen molar-refractivity contribution in [2.75, 3.05) is 39.0 Å². The molecule has 0 bridgehead atoms. The van der Waals surface area contributed by atoms with Gasteiger partial charge in [0.15, 0.2) is 11.6 Å². The number of amides is 1. The largest absolute Gasteiger partial charge is 0.481 e. The third-order valence-corrected chi connectivity index (χ3v) is 7.34. The van der Waals surface area contributed by atoms with Gasteiger partial charge in [-0.1, -0.05) is 36.8 Å². The highest BCUT2D eigenvalue weighted by Crippen LogP contribution is 2.19. The summed E-state index contributed by atoms with van der Waals surface area (Å²) in [4.78, 5) is 52.8. The van der Waals surface area contributed by atoms with Crippen molar-refractivity contribution >= 4 is 33.6 Å². The number of nitrogens with one attached hydrogen (secondary N) is 1. The van der Waals surface area contributed by atoms with E-state index in [9.17, 15) is 32.1 Å². The van der Waals surface area contributed by atoms with Crippen LogP contribution in [0, 0.1) is 0 Å². The molecule has 0 radical (unpaired) electrons. The van der Waals surface area contributed by atoms with Crippen LogP contribution < -0.4 is 5.32 Å².